The minimum absolute atomic E-state index is 0.0117. The topological polar surface area (TPSA) is 114 Å². The number of carbonyl (C=O) groups is 2. The summed E-state index contributed by atoms with van der Waals surface area (Å²) in [6.07, 6.45) is 3.78. The van der Waals surface area contributed by atoms with E-state index in [1.165, 1.54) is 56.6 Å². The van der Waals surface area contributed by atoms with Crippen LogP contribution in [0.1, 0.15) is 36.8 Å². The van der Waals surface area contributed by atoms with Crippen LogP contribution < -0.4 is 23.8 Å². The van der Waals surface area contributed by atoms with Gasteiger partial charge in [0.15, 0.2) is 11.5 Å². The van der Waals surface area contributed by atoms with Crippen molar-refractivity contribution in [1.29, 1.82) is 0 Å². The molecular weight excluding hydrogens is 749 g/mol. The number of benzene rings is 4. The van der Waals surface area contributed by atoms with E-state index >= 15 is 0 Å². The van der Waals surface area contributed by atoms with E-state index in [4.69, 9.17) is 49.0 Å². The number of hydrogen-bond donors (Lipinski definition) is 1. The summed E-state index contributed by atoms with van der Waals surface area (Å²) in [4.78, 5) is 30.4. The van der Waals surface area contributed by atoms with Crippen molar-refractivity contribution >= 4 is 62.3 Å². The first-order valence-electron chi connectivity index (χ1n) is 16.6. The van der Waals surface area contributed by atoms with E-state index in [0.717, 1.165) is 35.6 Å². The maximum atomic E-state index is 14.9. The monoisotopic (exact) mass is 787 g/mol. The van der Waals surface area contributed by atoms with Crippen LogP contribution in [0.4, 0.5) is 5.69 Å². The fraction of sp³-hybridized carbons (Fsp3) is 0.316. The Balaban J connectivity index is 1.64. The van der Waals surface area contributed by atoms with Gasteiger partial charge in [0.2, 0.25) is 11.8 Å². The SMILES string of the molecule is COc1ccc(S(=O)(=O)N(CC(=O)N(Cc2ccc(Cl)cc2Cl)C(Cc2ccccc2)C(=O)NC2CCCC2)c2cc(Cl)ccc2OC)cc1OC. The van der Waals surface area contributed by atoms with Crippen LogP contribution >= 0.6 is 34.8 Å². The lowest BCUT2D eigenvalue weighted by Crippen LogP contribution is -2.54. The number of halogens is 3. The highest BCUT2D eigenvalue weighted by Crippen LogP contribution is 2.37. The Bertz CT molecular complexity index is 1990. The number of sulfonamides is 1. The zero-order chi connectivity index (χ0) is 37.4. The molecule has 14 heteroatoms. The Hall–Kier alpha value is -4.16. The number of nitrogens with one attached hydrogen (secondary N) is 1. The summed E-state index contributed by atoms with van der Waals surface area (Å²) in [5.41, 5.74) is 1.33. The van der Waals surface area contributed by atoms with Gasteiger partial charge in [-0.3, -0.25) is 13.9 Å². The zero-order valence-corrected chi connectivity index (χ0v) is 32.1. The average Bonchev–Trinajstić information content (AvgIpc) is 3.65. The van der Waals surface area contributed by atoms with Crippen molar-refractivity contribution < 1.29 is 32.2 Å². The maximum absolute atomic E-state index is 14.9. The van der Waals surface area contributed by atoms with Gasteiger partial charge >= 0.3 is 0 Å². The van der Waals surface area contributed by atoms with Gasteiger partial charge in [0, 0.05) is 40.1 Å². The second-order valence-electron chi connectivity index (χ2n) is 12.3. The van der Waals surface area contributed by atoms with E-state index in [-0.39, 0.29) is 57.0 Å². The summed E-state index contributed by atoms with van der Waals surface area (Å²) >= 11 is 19.3. The molecule has 4 aromatic rings. The molecule has 52 heavy (non-hydrogen) atoms. The van der Waals surface area contributed by atoms with Gasteiger partial charge in [0.05, 0.1) is 31.9 Å². The van der Waals surface area contributed by atoms with E-state index in [2.05, 4.69) is 5.32 Å². The summed E-state index contributed by atoms with van der Waals surface area (Å²) in [7, 11) is -0.327. The Morgan fingerprint density at radius 1 is 0.808 bits per heavy atom. The Morgan fingerprint density at radius 2 is 1.44 bits per heavy atom. The van der Waals surface area contributed by atoms with Crippen LogP contribution in [0.25, 0.3) is 0 Å². The molecule has 1 atom stereocenters. The van der Waals surface area contributed by atoms with Crippen molar-refractivity contribution in [3.05, 3.63) is 111 Å². The van der Waals surface area contributed by atoms with Gasteiger partial charge in [-0.25, -0.2) is 8.42 Å². The molecule has 276 valence electrons. The normalized spacial score (nSPS) is 13.7. The van der Waals surface area contributed by atoms with Crippen LogP contribution in [0.3, 0.4) is 0 Å². The highest BCUT2D eigenvalue weighted by atomic mass is 35.5. The molecule has 0 radical (unpaired) electrons. The molecule has 10 nitrogen and oxygen atoms in total. The van der Waals surface area contributed by atoms with Crippen LogP contribution in [0.5, 0.6) is 17.2 Å². The Kier molecular flexibility index (Phi) is 13.2. The lowest BCUT2D eigenvalue weighted by molar-refractivity contribution is -0.140. The number of anilines is 1. The molecule has 0 heterocycles. The van der Waals surface area contributed by atoms with E-state index in [1.54, 1.807) is 24.3 Å². The molecule has 1 aliphatic carbocycles. The zero-order valence-electron chi connectivity index (χ0n) is 29.0. The number of methoxy groups -OCH3 is 3. The molecule has 5 rings (SSSR count). The molecule has 1 N–H and O–H groups in total. The van der Waals surface area contributed by atoms with Crippen molar-refractivity contribution in [1.82, 2.24) is 10.2 Å². The van der Waals surface area contributed by atoms with Crippen molar-refractivity contribution in [2.75, 3.05) is 32.2 Å². The fourth-order valence-electron chi connectivity index (χ4n) is 6.23. The first-order chi connectivity index (χ1) is 24.9. The van der Waals surface area contributed by atoms with E-state index in [9.17, 15) is 18.0 Å². The van der Waals surface area contributed by atoms with Crippen LogP contribution in [-0.4, -0.2) is 65.1 Å². The number of hydrogen-bond acceptors (Lipinski definition) is 7. The third-order valence-electron chi connectivity index (χ3n) is 8.96. The molecule has 0 spiro atoms. The van der Waals surface area contributed by atoms with Crippen molar-refractivity contribution in [3.8, 4) is 17.2 Å². The van der Waals surface area contributed by atoms with Crippen LogP contribution in [0.15, 0.2) is 89.8 Å². The molecule has 0 aliphatic heterocycles. The third kappa shape index (κ3) is 9.25. The summed E-state index contributed by atoms with van der Waals surface area (Å²) in [5.74, 6) is -0.414. The average molecular weight is 789 g/mol. The molecule has 0 aromatic heterocycles. The molecule has 0 bridgehead atoms. The molecule has 2 amide bonds. The summed E-state index contributed by atoms with van der Waals surface area (Å²) in [6, 6.07) is 21.7. The molecule has 0 saturated heterocycles. The van der Waals surface area contributed by atoms with Gasteiger partial charge in [-0.05, 0) is 66.4 Å². The third-order valence-corrected chi connectivity index (χ3v) is 11.5. The van der Waals surface area contributed by atoms with Gasteiger partial charge in [0.25, 0.3) is 10.0 Å². The van der Waals surface area contributed by atoms with Crippen molar-refractivity contribution in [2.24, 2.45) is 0 Å². The van der Waals surface area contributed by atoms with E-state index < -0.39 is 28.5 Å². The highest BCUT2D eigenvalue weighted by Gasteiger charge is 2.37. The van der Waals surface area contributed by atoms with Crippen LogP contribution in [0, 0.1) is 0 Å². The van der Waals surface area contributed by atoms with Gasteiger partial charge in [-0.15, -0.1) is 0 Å². The number of ether oxygens (including phenoxy) is 3. The lowest BCUT2D eigenvalue weighted by Gasteiger charge is -2.35. The quantitative estimate of drug-likeness (QED) is 0.132. The largest absolute Gasteiger partial charge is 0.495 e. The Morgan fingerprint density at radius 3 is 2.10 bits per heavy atom. The second-order valence-corrected chi connectivity index (χ2v) is 15.4. The summed E-state index contributed by atoms with van der Waals surface area (Å²) in [6.45, 7) is -0.859. The van der Waals surface area contributed by atoms with E-state index in [0.29, 0.717) is 16.3 Å². The van der Waals surface area contributed by atoms with E-state index in [1.807, 2.05) is 30.3 Å². The molecule has 1 aliphatic rings. The molecule has 4 aromatic carbocycles. The lowest BCUT2D eigenvalue weighted by atomic mass is 10.0. The molecular formula is C38H40Cl3N3O7S. The number of carbonyl (C=O) groups excluding carboxylic acids is 2. The second kappa shape index (κ2) is 17.6. The molecule has 1 unspecified atom stereocenters. The van der Waals surface area contributed by atoms with Crippen molar-refractivity contribution in [2.45, 2.75) is 55.6 Å². The van der Waals surface area contributed by atoms with Gasteiger partial charge in [-0.1, -0.05) is 84.0 Å². The minimum Gasteiger partial charge on any atom is -0.495 e. The Labute approximate surface area is 319 Å². The standard InChI is InChI=1S/C38H40Cl3N3O7S/c1-49-34-17-15-28(40)21-32(34)44(52(47,48)30-16-18-35(50-2)36(22-30)51-3)24-37(45)43(23-26-13-14-27(39)20-31(26)41)33(19-25-9-5-4-6-10-25)38(46)42-29-11-7-8-12-29/h4-6,9-10,13-18,20-22,29,33H,7-8,11-12,19,23-24H2,1-3H3,(H,42,46). The molecule has 1 saturated carbocycles. The highest BCUT2D eigenvalue weighted by molar-refractivity contribution is 7.92. The predicted molar refractivity (Wildman–Crippen MR) is 203 cm³/mol. The summed E-state index contributed by atoms with van der Waals surface area (Å²) < 4.78 is 46.5. The van der Waals surface area contributed by atoms with Gasteiger partial charge < -0.3 is 24.4 Å². The van der Waals surface area contributed by atoms with Gasteiger partial charge in [0.1, 0.15) is 18.3 Å². The summed E-state index contributed by atoms with van der Waals surface area (Å²) in [5, 5.41) is 4.04. The number of amides is 2. The molecule has 1 fully saturated rings. The van der Waals surface area contributed by atoms with Crippen LogP contribution in [0.2, 0.25) is 15.1 Å². The fourth-order valence-corrected chi connectivity index (χ4v) is 8.30. The maximum Gasteiger partial charge on any atom is 0.265 e. The van der Waals surface area contributed by atoms with Crippen LogP contribution in [-0.2, 0) is 32.6 Å². The van der Waals surface area contributed by atoms with Gasteiger partial charge in [-0.2, -0.15) is 0 Å². The smallest absolute Gasteiger partial charge is 0.265 e. The first-order valence-corrected chi connectivity index (χ1v) is 19.2. The van der Waals surface area contributed by atoms with Crippen molar-refractivity contribution in [3.63, 3.8) is 0 Å². The number of nitrogens with zero attached hydrogens (tertiary/aromatic N) is 2. The minimum atomic E-state index is -4.53. The first kappa shape index (κ1) is 39.1. The predicted octanol–water partition coefficient (Wildman–Crippen LogP) is 7.57. The number of rotatable bonds is 15.